The van der Waals surface area contributed by atoms with Gasteiger partial charge in [0.1, 0.15) is 0 Å². The van der Waals surface area contributed by atoms with E-state index >= 15 is 0 Å². The monoisotopic (exact) mass is 623 g/mol. The van der Waals surface area contributed by atoms with Gasteiger partial charge < -0.3 is 5.11 Å². The smallest absolute Gasteiger partial charge is 0.303 e. The number of carboxylic acid groups (broad SMARTS) is 1. The van der Waals surface area contributed by atoms with Crippen molar-refractivity contribution in [1.29, 1.82) is 0 Å². The second-order valence-electron chi connectivity index (χ2n) is 14.2. The zero-order valence-electron chi connectivity index (χ0n) is 31.2. The summed E-state index contributed by atoms with van der Waals surface area (Å²) < 4.78 is 0. The molecule has 0 spiro atoms. The molecule has 0 aromatic rings. The van der Waals surface area contributed by atoms with Gasteiger partial charge in [0.05, 0.1) is 0 Å². The highest BCUT2D eigenvalue weighted by Gasteiger charge is 1.98. The molecule has 0 amide bonds. The maximum atomic E-state index is 10.3. The van der Waals surface area contributed by atoms with Crippen LogP contribution in [0.25, 0.3) is 0 Å². The minimum Gasteiger partial charge on any atom is -0.481 e. The van der Waals surface area contributed by atoms with Gasteiger partial charge in [-0.25, -0.2) is 0 Å². The topological polar surface area (TPSA) is 37.3 Å². The summed E-state index contributed by atoms with van der Waals surface area (Å²) >= 11 is 0. The van der Waals surface area contributed by atoms with Crippen molar-refractivity contribution in [2.24, 2.45) is 0 Å². The van der Waals surface area contributed by atoms with Gasteiger partial charge in [0.2, 0.25) is 0 Å². The number of unbranched alkanes of at least 4 members (excludes halogenated alkanes) is 35. The lowest BCUT2D eigenvalue weighted by atomic mass is 10.0. The van der Waals surface area contributed by atoms with Gasteiger partial charge in [-0.1, -0.05) is 252 Å². The number of aliphatic carboxylic acids is 1. The van der Waals surface area contributed by atoms with E-state index in [0.717, 1.165) is 12.8 Å². The molecular weight excluding hydrogens is 536 g/mol. The number of hydrogen-bond acceptors (Lipinski definition) is 1. The van der Waals surface area contributed by atoms with Crippen molar-refractivity contribution >= 4 is 5.97 Å². The van der Waals surface area contributed by atoms with E-state index in [1.54, 1.807) is 0 Å². The third-order valence-corrected chi connectivity index (χ3v) is 9.45. The molecule has 0 radical (unpaired) electrons. The Morgan fingerprint density at radius 3 is 0.545 bits per heavy atom. The summed E-state index contributed by atoms with van der Waals surface area (Å²) in [6, 6.07) is 0. The first-order valence-electron chi connectivity index (χ1n) is 20.9. The normalized spacial score (nSPS) is 11.1. The minimum absolute atomic E-state index is 0.345. The van der Waals surface area contributed by atoms with E-state index in [2.05, 4.69) is 20.8 Å². The number of hydrogen-bond donors (Lipinski definition) is 1. The molecule has 0 saturated carbocycles. The fourth-order valence-corrected chi connectivity index (χ4v) is 6.33. The van der Waals surface area contributed by atoms with Crippen molar-refractivity contribution in [3.63, 3.8) is 0 Å². The predicted octanol–water partition coefficient (Wildman–Crippen LogP) is 15.9. The second-order valence-corrected chi connectivity index (χ2v) is 14.2. The van der Waals surface area contributed by atoms with Crippen molar-refractivity contribution in [2.75, 3.05) is 0 Å². The van der Waals surface area contributed by atoms with E-state index in [-0.39, 0.29) is 0 Å². The fraction of sp³-hybridized carbons (Fsp3) is 0.976. The highest BCUT2D eigenvalue weighted by Crippen LogP contribution is 2.16. The molecule has 0 aliphatic rings. The van der Waals surface area contributed by atoms with Gasteiger partial charge >= 0.3 is 5.97 Å². The van der Waals surface area contributed by atoms with Crippen LogP contribution >= 0.6 is 0 Å². The fourth-order valence-electron chi connectivity index (χ4n) is 6.33. The van der Waals surface area contributed by atoms with Crippen LogP contribution in [0.4, 0.5) is 0 Å². The summed E-state index contributed by atoms with van der Waals surface area (Å²) in [4.78, 5) is 10.3. The van der Waals surface area contributed by atoms with Crippen molar-refractivity contribution in [2.45, 2.75) is 265 Å². The maximum Gasteiger partial charge on any atom is 0.303 e. The molecule has 0 bridgehead atoms. The lowest BCUT2D eigenvalue weighted by molar-refractivity contribution is -0.137. The molecule has 0 aliphatic heterocycles. The Bertz CT molecular complexity index is 464. The van der Waals surface area contributed by atoms with Gasteiger partial charge in [-0.3, -0.25) is 4.79 Å². The molecule has 44 heavy (non-hydrogen) atoms. The molecule has 0 aliphatic carbocycles. The van der Waals surface area contributed by atoms with E-state index < -0.39 is 5.97 Å². The summed E-state index contributed by atoms with van der Waals surface area (Å²) in [5.74, 6) is -0.655. The van der Waals surface area contributed by atoms with Crippen LogP contribution in [-0.4, -0.2) is 11.1 Å². The van der Waals surface area contributed by atoms with Crippen molar-refractivity contribution in [3.8, 4) is 0 Å². The summed E-state index contributed by atoms with van der Waals surface area (Å²) in [6.45, 7) is 6.86. The first kappa shape index (κ1) is 45.6. The number of carboxylic acids is 1. The molecule has 0 saturated heterocycles. The summed E-state index contributed by atoms with van der Waals surface area (Å²) in [6.07, 6.45) is 52.7. The molecule has 0 rings (SSSR count). The van der Waals surface area contributed by atoms with Crippen LogP contribution in [0.2, 0.25) is 0 Å². The second kappa shape index (κ2) is 44.6. The SMILES string of the molecule is CCCCCCCCCCCCCCC(=O)O.CCCCCCCCCCCCCCCCCCCCCCCCCCC. The van der Waals surface area contributed by atoms with Crippen molar-refractivity contribution in [3.05, 3.63) is 0 Å². The van der Waals surface area contributed by atoms with E-state index in [1.807, 2.05) is 0 Å². The minimum atomic E-state index is -0.655. The molecule has 2 nitrogen and oxygen atoms in total. The van der Waals surface area contributed by atoms with E-state index in [9.17, 15) is 4.79 Å². The predicted molar refractivity (Wildman–Crippen MR) is 200 cm³/mol. The Balaban J connectivity index is 0. The zero-order valence-corrected chi connectivity index (χ0v) is 31.2. The number of rotatable bonds is 37. The molecule has 0 heterocycles. The molecule has 0 aromatic heterocycles. The van der Waals surface area contributed by atoms with Crippen LogP contribution < -0.4 is 0 Å². The van der Waals surface area contributed by atoms with E-state index in [1.165, 1.54) is 225 Å². The van der Waals surface area contributed by atoms with Gasteiger partial charge in [0.15, 0.2) is 0 Å². The van der Waals surface area contributed by atoms with E-state index in [0.29, 0.717) is 6.42 Å². The van der Waals surface area contributed by atoms with Crippen LogP contribution in [-0.2, 0) is 4.79 Å². The zero-order chi connectivity index (χ0) is 32.4. The highest BCUT2D eigenvalue weighted by atomic mass is 16.4. The average Bonchev–Trinajstić information content (AvgIpc) is 3.02. The lowest BCUT2D eigenvalue weighted by Gasteiger charge is -2.04. The Morgan fingerprint density at radius 1 is 0.273 bits per heavy atom. The highest BCUT2D eigenvalue weighted by molar-refractivity contribution is 5.66. The van der Waals surface area contributed by atoms with Gasteiger partial charge in [0, 0.05) is 6.42 Å². The molecule has 2 heteroatoms. The van der Waals surface area contributed by atoms with Gasteiger partial charge in [-0.05, 0) is 6.42 Å². The molecule has 0 fully saturated rings. The summed E-state index contributed by atoms with van der Waals surface area (Å²) in [5.41, 5.74) is 0. The molecule has 0 aromatic carbocycles. The first-order valence-corrected chi connectivity index (χ1v) is 20.9. The van der Waals surface area contributed by atoms with Gasteiger partial charge in [-0.2, -0.15) is 0 Å². The van der Waals surface area contributed by atoms with Crippen LogP contribution in [0.15, 0.2) is 0 Å². The summed E-state index contributed by atoms with van der Waals surface area (Å²) in [5, 5.41) is 8.47. The Kier molecular flexibility index (Phi) is 46.2. The molecule has 266 valence electrons. The van der Waals surface area contributed by atoms with Gasteiger partial charge in [0.25, 0.3) is 0 Å². The van der Waals surface area contributed by atoms with Crippen LogP contribution in [0.5, 0.6) is 0 Å². The average molecular weight is 623 g/mol. The lowest BCUT2D eigenvalue weighted by Crippen LogP contribution is -1.93. The van der Waals surface area contributed by atoms with E-state index in [4.69, 9.17) is 5.11 Å². The Morgan fingerprint density at radius 2 is 0.409 bits per heavy atom. The van der Waals surface area contributed by atoms with Crippen molar-refractivity contribution in [1.82, 2.24) is 0 Å². The van der Waals surface area contributed by atoms with Crippen LogP contribution in [0, 0.1) is 0 Å². The Labute approximate surface area is 280 Å². The molecule has 0 unspecified atom stereocenters. The standard InChI is InChI=1S/C27H56.C15H30O2/c1-3-5-7-9-11-13-15-17-19-21-23-25-27-26-24-22-20-18-16-14-12-10-8-6-4-2;1-2-3-4-5-6-7-8-9-10-11-12-13-14-15(16)17/h3-27H2,1-2H3;2-14H2,1H3,(H,16,17). The third kappa shape index (κ3) is 48.4. The quantitative estimate of drug-likeness (QED) is 0.0700. The van der Waals surface area contributed by atoms with Crippen LogP contribution in [0.3, 0.4) is 0 Å². The first-order chi connectivity index (χ1) is 21.7. The third-order valence-electron chi connectivity index (χ3n) is 9.45. The maximum absolute atomic E-state index is 10.3. The van der Waals surface area contributed by atoms with Crippen molar-refractivity contribution < 1.29 is 9.90 Å². The number of carbonyl (C=O) groups is 1. The molecule has 1 N–H and O–H groups in total. The molecular formula is C42H86O2. The Hall–Kier alpha value is -0.530. The van der Waals surface area contributed by atoms with Crippen LogP contribution in [0.1, 0.15) is 265 Å². The molecule has 0 atom stereocenters. The largest absolute Gasteiger partial charge is 0.481 e. The summed E-state index contributed by atoms with van der Waals surface area (Å²) in [7, 11) is 0. The van der Waals surface area contributed by atoms with Gasteiger partial charge in [-0.15, -0.1) is 0 Å².